The smallest absolute Gasteiger partial charge is 0.240 e. The first-order valence-corrected chi connectivity index (χ1v) is 9.56. The number of thioether (sulfide) groups is 1. The molecule has 0 spiro atoms. The number of likely N-dealkylation sites (tertiary alicyclic amines) is 1. The number of nitrogens with zero attached hydrogens (tertiary/aromatic N) is 1. The molecule has 1 aliphatic rings. The van der Waals surface area contributed by atoms with Gasteiger partial charge in [0, 0.05) is 18.0 Å². The largest absolute Gasteiger partial charge is 0.341 e. The molecule has 1 aliphatic heterocycles. The van der Waals surface area contributed by atoms with Crippen LogP contribution in [-0.2, 0) is 4.79 Å². The van der Waals surface area contributed by atoms with Gasteiger partial charge >= 0.3 is 0 Å². The topological polar surface area (TPSA) is 32.3 Å². The van der Waals surface area contributed by atoms with E-state index in [-0.39, 0.29) is 23.2 Å². The van der Waals surface area contributed by atoms with Gasteiger partial charge in [0.05, 0.1) is 0 Å². The first-order valence-electron chi connectivity index (χ1n) is 8.68. The highest BCUT2D eigenvalue weighted by Gasteiger charge is 2.32. The van der Waals surface area contributed by atoms with Gasteiger partial charge in [0.25, 0.3) is 0 Å². The second-order valence-corrected chi connectivity index (χ2v) is 7.63. The van der Waals surface area contributed by atoms with Gasteiger partial charge in [-0.25, -0.2) is 8.78 Å². The van der Waals surface area contributed by atoms with Crippen LogP contribution in [0.2, 0.25) is 0 Å². The van der Waals surface area contributed by atoms with E-state index in [1.54, 1.807) is 0 Å². The van der Waals surface area contributed by atoms with Crippen LogP contribution in [0, 0.1) is 17.6 Å². The maximum absolute atomic E-state index is 14.1. The summed E-state index contributed by atoms with van der Waals surface area (Å²) in [5.74, 6) is -0.650. The average molecular weight is 413 g/mol. The third-order valence-corrected chi connectivity index (χ3v) is 5.83. The molecule has 0 bridgehead atoms. The van der Waals surface area contributed by atoms with Crippen molar-refractivity contribution in [3.8, 4) is 0 Å². The summed E-state index contributed by atoms with van der Waals surface area (Å²) in [6, 6.07) is 12.6. The number of nitrogens with one attached hydrogen (secondary N) is 1. The van der Waals surface area contributed by atoms with E-state index in [4.69, 9.17) is 0 Å². The summed E-state index contributed by atoms with van der Waals surface area (Å²) in [5, 5.41) is 2.55. The van der Waals surface area contributed by atoms with Crippen LogP contribution >= 0.6 is 24.2 Å². The summed E-state index contributed by atoms with van der Waals surface area (Å²) in [7, 11) is 1.90. The van der Waals surface area contributed by atoms with Gasteiger partial charge in [0.2, 0.25) is 5.91 Å². The summed E-state index contributed by atoms with van der Waals surface area (Å²) in [4.78, 5) is 15.2. The monoisotopic (exact) mass is 412 g/mol. The SMILES string of the molecule is CNCC1CCN(C(=O)C(Sc2cc(F)ccc2F)c2ccccc2)C1.Cl. The Kier molecular flexibility index (Phi) is 8.07. The Morgan fingerprint density at radius 3 is 2.70 bits per heavy atom. The van der Waals surface area contributed by atoms with Gasteiger partial charge in [-0.2, -0.15) is 0 Å². The van der Waals surface area contributed by atoms with Crippen LogP contribution < -0.4 is 5.32 Å². The zero-order valence-electron chi connectivity index (χ0n) is 15.0. The molecule has 2 aromatic rings. The van der Waals surface area contributed by atoms with Crippen LogP contribution in [0.5, 0.6) is 0 Å². The predicted octanol–water partition coefficient (Wildman–Crippen LogP) is 4.29. The van der Waals surface area contributed by atoms with E-state index in [1.165, 1.54) is 0 Å². The standard InChI is InChI=1S/C20H22F2N2OS.ClH/c1-23-12-14-9-10-24(13-14)20(25)19(15-5-3-2-4-6-15)26-18-11-16(21)7-8-17(18)22;/h2-8,11,14,19,23H,9-10,12-13H2,1H3;1H. The third-order valence-electron chi connectivity index (χ3n) is 4.56. The number of hydrogen-bond acceptors (Lipinski definition) is 3. The number of halogens is 3. The number of hydrogen-bond donors (Lipinski definition) is 1. The van der Waals surface area contributed by atoms with Crippen molar-refractivity contribution in [3.05, 3.63) is 65.7 Å². The second-order valence-electron chi connectivity index (χ2n) is 6.48. The van der Waals surface area contributed by atoms with Gasteiger partial charge in [-0.15, -0.1) is 24.2 Å². The highest BCUT2D eigenvalue weighted by atomic mass is 35.5. The summed E-state index contributed by atoms with van der Waals surface area (Å²) < 4.78 is 27.7. The van der Waals surface area contributed by atoms with Gasteiger partial charge in [-0.1, -0.05) is 30.3 Å². The highest BCUT2D eigenvalue weighted by Crippen LogP contribution is 2.39. The fourth-order valence-corrected chi connectivity index (χ4v) is 4.40. The van der Waals surface area contributed by atoms with Crippen LogP contribution in [-0.4, -0.2) is 37.5 Å². The van der Waals surface area contributed by atoms with Crippen molar-refractivity contribution < 1.29 is 13.6 Å². The van der Waals surface area contributed by atoms with E-state index in [0.29, 0.717) is 19.0 Å². The maximum Gasteiger partial charge on any atom is 0.240 e. The van der Waals surface area contributed by atoms with Crippen LogP contribution in [0.1, 0.15) is 17.2 Å². The van der Waals surface area contributed by atoms with Crippen molar-refractivity contribution in [1.29, 1.82) is 0 Å². The van der Waals surface area contributed by atoms with Crippen molar-refractivity contribution in [2.24, 2.45) is 5.92 Å². The molecule has 1 N–H and O–H groups in total. The molecule has 27 heavy (non-hydrogen) atoms. The van der Waals surface area contributed by atoms with Crippen LogP contribution in [0.4, 0.5) is 8.78 Å². The Hall–Kier alpha value is -1.63. The van der Waals surface area contributed by atoms with Gasteiger partial charge in [0.15, 0.2) is 0 Å². The maximum atomic E-state index is 14.1. The second kappa shape index (κ2) is 10.1. The van der Waals surface area contributed by atoms with E-state index >= 15 is 0 Å². The molecule has 146 valence electrons. The Labute approximate surface area is 168 Å². The number of benzene rings is 2. The Morgan fingerprint density at radius 2 is 2.00 bits per heavy atom. The molecule has 7 heteroatoms. The molecule has 0 radical (unpaired) electrons. The van der Waals surface area contributed by atoms with Gasteiger partial charge in [0.1, 0.15) is 16.9 Å². The van der Waals surface area contributed by atoms with Crippen molar-refractivity contribution in [2.45, 2.75) is 16.6 Å². The Bertz CT molecular complexity index is 763. The Balaban J connectivity index is 0.00000261. The molecular formula is C20H23ClF2N2OS. The lowest BCUT2D eigenvalue weighted by molar-refractivity contribution is -0.129. The van der Waals surface area contributed by atoms with Crippen LogP contribution in [0.25, 0.3) is 0 Å². The summed E-state index contributed by atoms with van der Waals surface area (Å²) in [6.07, 6.45) is 0.951. The third kappa shape index (κ3) is 5.43. The zero-order valence-corrected chi connectivity index (χ0v) is 16.7. The molecule has 1 saturated heterocycles. The van der Waals surface area contributed by atoms with Gasteiger partial charge < -0.3 is 10.2 Å². The summed E-state index contributed by atoms with van der Waals surface area (Å²) >= 11 is 1.07. The van der Waals surface area contributed by atoms with E-state index in [2.05, 4.69) is 5.32 Å². The molecule has 0 aliphatic carbocycles. The molecule has 2 unspecified atom stereocenters. The molecule has 1 heterocycles. The van der Waals surface area contributed by atoms with E-state index < -0.39 is 16.9 Å². The number of rotatable bonds is 6. The lowest BCUT2D eigenvalue weighted by Crippen LogP contribution is -2.33. The van der Waals surface area contributed by atoms with Gasteiger partial charge in [-0.3, -0.25) is 4.79 Å². The summed E-state index contributed by atoms with van der Waals surface area (Å²) in [6.45, 7) is 2.25. The highest BCUT2D eigenvalue weighted by molar-refractivity contribution is 8.00. The Morgan fingerprint density at radius 1 is 1.26 bits per heavy atom. The first-order chi connectivity index (χ1) is 12.6. The molecule has 2 aromatic carbocycles. The zero-order chi connectivity index (χ0) is 18.5. The predicted molar refractivity (Wildman–Crippen MR) is 107 cm³/mol. The normalized spacial score (nSPS) is 17.4. The number of carbonyl (C=O) groups excluding carboxylic acids is 1. The minimum atomic E-state index is -0.596. The quantitative estimate of drug-likeness (QED) is 0.718. The van der Waals surface area contributed by atoms with Crippen molar-refractivity contribution in [2.75, 3.05) is 26.7 Å². The fourth-order valence-electron chi connectivity index (χ4n) is 3.24. The first kappa shape index (κ1) is 21.7. The van der Waals surface area contributed by atoms with Crippen molar-refractivity contribution in [3.63, 3.8) is 0 Å². The van der Waals surface area contributed by atoms with Gasteiger partial charge in [-0.05, 0) is 49.7 Å². The number of carbonyl (C=O) groups is 1. The van der Waals surface area contributed by atoms with E-state index in [9.17, 15) is 13.6 Å². The summed E-state index contributed by atoms with van der Waals surface area (Å²) in [5.41, 5.74) is 0.795. The molecule has 0 aromatic heterocycles. The molecule has 1 amide bonds. The van der Waals surface area contributed by atoms with Crippen LogP contribution in [0.15, 0.2) is 53.4 Å². The lowest BCUT2D eigenvalue weighted by atomic mass is 10.1. The molecule has 2 atom stereocenters. The minimum Gasteiger partial charge on any atom is -0.341 e. The van der Waals surface area contributed by atoms with Crippen molar-refractivity contribution >= 4 is 30.1 Å². The fraction of sp³-hybridized carbons (Fsp3) is 0.350. The molecule has 3 rings (SSSR count). The minimum absolute atomic E-state index is 0. The molecule has 3 nitrogen and oxygen atoms in total. The number of amides is 1. The molecule has 0 saturated carbocycles. The van der Waals surface area contributed by atoms with Crippen LogP contribution in [0.3, 0.4) is 0 Å². The lowest BCUT2D eigenvalue weighted by Gasteiger charge is -2.24. The molecular weight excluding hydrogens is 390 g/mol. The van der Waals surface area contributed by atoms with E-state index in [1.807, 2.05) is 42.3 Å². The molecule has 1 fully saturated rings. The van der Waals surface area contributed by atoms with Crippen molar-refractivity contribution in [1.82, 2.24) is 10.2 Å². The average Bonchev–Trinajstić information content (AvgIpc) is 3.11. The van der Waals surface area contributed by atoms with E-state index in [0.717, 1.165) is 48.5 Å².